The van der Waals surface area contributed by atoms with Crippen molar-refractivity contribution in [2.24, 2.45) is 0 Å². The predicted octanol–water partition coefficient (Wildman–Crippen LogP) is 1.72. The topological polar surface area (TPSA) is 93.7 Å². The Kier molecular flexibility index (Phi) is 4.56. The number of sulfonamides is 1. The molecule has 0 aliphatic carbocycles. The van der Waals surface area contributed by atoms with Gasteiger partial charge in [0.05, 0.1) is 12.0 Å². The van der Waals surface area contributed by atoms with Crippen molar-refractivity contribution in [2.75, 3.05) is 13.7 Å². The van der Waals surface area contributed by atoms with E-state index < -0.39 is 28.4 Å². The molecule has 0 amide bonds. The molecule has 2 N–H and O–H groups in total. The minimum absolute atomic E-state index is 0.163. The molecular weight excluding hydrogens is 368 g/mol. The fourth-order valence-electron chi connectivity index (χ4n) is 3.28. The van der Waals surface area contributed by atoms with Crippen LogP contribution < -0.4 is 10.0 Å². The van der Waals surface area contributed by atoms with Gasteiger partial charge < -0.3 is 9.47 Å². The third-order valence-corrected chi connectivity index (χ3v) is 6.01. The quantitative estimate of drug-likeness (QED) is 0.524. The molecule has 1 saturated heterocycles. The van der Waals surface area contributed by atoms with Crippen LogP contribution in [-0.2, 0) is 24.3 Å². The molecule has 4 rings (SSSR count). The molecule has 0 saturated carbocycles. The maximum absolute atomic E-state index is 13.2. The van der Waals surface area contributed by atoms with Gasteiger partial charge in [-0.2, -0.15) is 4.72 Å². The van der Waals surface area contributed by atoms with Crippen molar-refractivity contribution in [1.82, 2.24) is 10.0 Å². The summed E-state index contributed by atoms with van der Waals surface area (Å²) in [5.41, 5.74) is 0. The molecule has 1 aliphatic rings. The molecule has 3 aromatic carbocycles. The van der Waals surface area contributed by atoms with Crippen LogP contribution in [0.1, 0.15) is 0 Å². The number of esters is 1. The van der Waals surface area contributed by atoms with Crippen LogP contribution in [0.3, 0.4) is 0 Å². The van der Waals surface area contributed by atoms with Gasteiger partial charge in [-0.05, 0) is 16.8 Å². The van der Waals surface area contributed by atoms with E-state index in [0.717, 1.165) is 10.8 Å². The zero-order valence-corrected chi connectivity index (χ0v) is 15.3. The van der Waals surface area contributed by atoms with Gasteiger partial charge in [-0.25, -0.2) is 13.2 Å². The molecule has 1 fully saturated rings. The van der Waals surface area contributed by atoms with Crippen LogP contribution in [0, 0.1) is 0 Å². The highest BCUT2D eigenvalue weighted by Gasteiger charge is 2.34. The first-order valence-corrected chi connectivity index (χ1v) is 9.87. The molecule has 7 nitrogen and oxygen atoms in total. The third kappa shape index (κ3) is 3.28. The molecule has 1 aliphatic heterocycles. The summed E-state index contributed by atoms with van der Waals surface area (Å²) in [6, 6.07) is 16.6. The van der Waals surface area contributed by atoms with E-state index >= 15 is 0 Å². The van der Waals surface area contributed by atoms with Gasteiger partial charge in [0.25, 0.3) is 0 Å². The van der Waals surface area contributed by atoms with Crippen LogP contribution in [0.25, 0.3) is 21.5 Å². The van der Waals surface area contributed by atoms with E-state index in [1.807, 2.05) is 30.3 Å². The summed E-state index contributed by atoms with van der Waals surface area (Å²) in [5, 5.41) is 5.71. The van der Waals surface area contributed by atoms with E-state index in [9.17, 15) is 13.2 Å². The minimum atomic E-state index is -3.94. The lowest BCUT2D eigenvalue weighted by Gasteiger charge is -2.17. The first-order valence-electron chi connectivity index (χ1n) is 8.39. The predicted molar refractivity (Wildman–Crippen MR) is 100 cm³/mol. The lowest BCUT2D eigenvalue weighted by atomic mass is 10.0. The monoisotopic (exact) mass is 386 g/mol. The molecule has 0 bridgehead atoms. The summed E-state index contributed by atoms with van der Waals surface area (Å²) >= 11 is 0. The van der Waals surface area contributed by atoms with Gasteiger partial charge in [-0.1, -0.05) is 48.5 Å². The SMILES string of the molecule is COC(=O)C1CNC(NS(=O)(=O)c2c3ccccc3cc3ccccc23)O1. The average molecular weight is 386 g/mol. The number of hydrogen-bond donors (Lipinski definition) is 2. The van der Waals surface area contributed by atoms with E-state index in [2.05, 4.69) is 14.8 Å². The summed E-state index contributed by atoms with van der Waals surface area (Å²) < 4.78 is 39.0. The van der Waals surface area contributed by atoms with Crippen LogP contribution in [0.5, 0.6) is 0 Å². The highest BCUT2D eigenvalue weighted by molar-refractivity contribution is 7.90. The normalized spacial score (nSPS) is 20.2. The van der Waals surface area contributed by atoms with E-state index in [-0.39, 0.29) is 11.4 Å². The number of carbonyl (C=O) groups excluding carboxylic acids is 1. The molecule has 0 radical (unpaired) electrons. The summed E-state index contributed by atoms with van der Waals surface area (Å²) in [5.74, 6) is -0.556. The Morgan fingerprint density at radius 1 is 1.11 bits per heavy atom. The molecule has 27 heavy (non-hydrogen) atoms. The zero-order chi connectivity index (χ0) is 19.0. The van der Waals surface area contributed by atoms with Gasteiger partial charge in [-0.15, -0.1) is 0 Å². The minimum Gasteiger partial charge on any atom is -0.467 e. The van der Waals surface area contributed by atoms with Gasteiger partial charge in [0.1, 0.15) is 0 Å². The number of rotatable bonds is 4. The van der Waals surface area contributed by atoms with Crippen molar-refractivity contribution < 1.29 is 22.7 Å². The van der Waals surface area contributed by atoms with Crippen molar-refractivity contribution >= 4 is 37.5 Å². The van der Waals surface area contributed by atoms with Crippen molar-refractivity contribution in [2.45, 2.75) is 17.4 Å². The van der Waals surface area contributed by atoms with Gasteiger partial charge in [0.2, 0.25) is 10.0 Å². The van der Waals surface area contributed by atoms with Gasteiger partial charge in [0, 0.05) is 17.3 Å². The molecule has 2 atom stereocenters. The van der Waals surface area contributed by atoms with Gasteiger partial charge >= 0.3 is 5.97 Å². The summed E-state index contributed by atoms with van der Waals surface area (Å²) in [4.78, 5) is 11.8. The molecule has 2 unspecified atom stereocenters. The van der Waals surface area contributed by atoms with Crippen LogP contribution >= 0.6 is 0 Å². The fraction of sp³-hybridized carbons (Fsp3) is 0.211. The van der Waals surface area contributed by atoms with Gasteiger partial charge in [-0.3, -0.25) is 5.32 Å². The number of fused-ring (bicyclic) bond motifs is 2. The second-order valence-corrected chi connectivity index (χ2v) is 7.86. The maximum atomic E-state index is 13.2. The number of carbonyl (C=O) groups is 1. The summed E-state index contributed by atoms with van der Waals surface area (Å²) in [7, 11) is -2.69. The summed E-state index contributed by atoms with van der Waals surface area (Å²) in [6.07, 6.45) is -1.87. The fourth-order valence-corrected chi connectivity index (χ4v) is 4.77. The molecule has 0 aromatic heterocycles. The van der Waals surface area contributed by atoms with E-state index in [0.29, 0.717) is 10.8 Å². The Hall–Kier alpha value is -2.52. The summed E-state index contributed by atoms with van der Waals surface area (Å²) in [6.45, 7) is 0.163. The van der Waals surface area contributed by atoms with Crippen molar-refractivity contribution in [1.29, 1.82) is 0 Å². The van der Waals surface area contributed by atoms with E-state index in [4.69, 9.17) is 4.74 Å². The Bertz CT molecular complexity index is 1080. The average Bonchev–Trinajstić information content (AvgIpc) is 3.12. The number of benzene rings is 3. The number of nitrogens with one attached hydrogen (secondary N) is 2. The van der Waals surface area contributed by atoms with Crippen LogP contribution in [-0.4, -0.2) is 40.5 Å². The standard InChI is InChI=1S/C19H18N2O5S/c1-25-18(22)16-11-20-19(26-16)21-27(23,24)17-14-8-4-2-6-12(14)10-13-7-3-5-9-15(13)17/h2-10,16,19-21H,11H2,1H3. The highest BCUT2D eigenvalue weighted by Crippen LogP contribution is 2.32. The second-order valence-electron chi connectivity index (χ2n) is 6.21. The Labute approximate surface area is 156 Å². The van der Waals surface area contributed by atoms with Gasteiger partial charge in [0.15, 0.2) is 12.5 Å². The van der Waals surface area contributed by atoms with Crippen molar-refractivity contribution in [3.05, 3.63) is 54.6 Å². The number of ether oxygens (including phenoxy) is 2. The molecule has 140 valence electrons. The van der Waals surface area contributed by atoms with Crippen LogP contribution in [0.15, 0.2) is 59.5 Å². The number of methoxy groups -OCH3 is 1. The van der Waals surface area contributed by atoms with Crippen LogP contribution in [0.2, 0.25) is 0 Å². The lowest BCUT2D eigenvalue weighted by Crippen LogP contribution is -2.42. The largest absolute Gasteiger partial charge is 0.467 e. The van der Waals surface area contributed by atoms with Crippen LogP contribution in [0.4, 0.5) is 0 Å². The van der Waals surface area contributed by atoms with E-state index in [1.54, 1.807) is 24.3 Å². The Morgan fingerprint density at radius 3 is 2.30 bits per heavy atom. The van der Waals surface area contributed by atoms with E-state index in [1.165, 1.54) is 7.11 Å². The molecule has 3 aromatic rings. The number of hydrogen-bond acceptors (Lipinski definition) is 6. The van der Waals surface area contributed by atoms with Crippen molar-refractivity contribution in [3.63, 3.8) is 0 Å². The first-order chi connectivity index (χ1) is 13.0. The molecule has 8 heteroatoms. The van der Waals surface area contributed by atoms with Crippen molar-refractivity contribution in [3.8, 4) is 0 Å². The second kappa shape index (κ2) is 6.90. The Balaban J connectivity index is 1.77. The highest BCUT2D eigenvalue weighted by atomic mass is 32.2. The third-order valence-electron chi connectivity index (χ3n) is 4.51. The lowest BCUT2D eigenvalue weighted by molar-refractivity contribution is -0.152. The Morgan fingerprint density at radius 2 is 1.70 bits per heavy atom. The maximum Gasteiger partial charge on any atom is 0.336 e. The molecule has 1 heterocycles. The zero-order valence-electron chi connectivity index (χ0n) is 14.5. The smallest absolute Gasteiger partial charge is 0.336 e. The first kappa shape index (κ1) is 17.9. The molecular formula is C19H18N2O5S. The molecule has 0 spiro atoms.